The molecule has 2 aliphatic carbocycles. The van der Waals surface area contributed by atoms with Gasteiger partial charge in [-0.05, 0) is 56.2 Å². The lowest BCUT2D eigenvalue weighted by molar-refractivity contribution is 0.199. The van der Waals surface area contributed by atoms with Gasteiger partial charge in [-0.15, -0.1) is 0 Å². The van der Waals surface area contributed by atoms with Crippen molar-refractivity contribution in [3.05, 3.63) is 23.8 Å². The van der Waals surface area contributed by atoms with Gasteiger partial charge >= 0.3 is 0 Å². The molecule has 2 aliphatic rings. The summed E-state index contributed by atoms with van der Waals surface area (Å²) in [7, 11) is 1.65. The summed E-state index contributed by atoms with van der Waals surface area (Å²) in [6, 6.07) is 8.43. The van der Waals surface area contributed by atoms with E-state index in [0.29, 0.717) is 0 Å². The van der Waals surface area contributed by atoms with Gasteiger partial charge in [0.15, 0.2) is 11.5 Å². The molecule has 4 nitrogen and oxygen atoms in total. The van der Waals surface area contributed by atoms with E-state index in [9.17, 15) is 5.26 Å². The maximum Gasteiger partial charge on any atom is 0.161 e. The first-order chi connectivity index (χ1) is 10.2. The summed E-state index contributed by atoms with van der Waals surface area (Å²) in [5.41, 5.74) is 6.44. The average molecular weight is 286 g/mol. The van der Waals surface area contributed by atoms with E-state index in [-0.39, 0.29) is 12.1 Å². The lowest BCUT2D eigenvalue weighted by Gasteiger charge is -2.41. The molecule has 112 valence electrons. The molecule has 0 aromatic heterocycles. The van der Waals surface area contributed by atoms with Crippen molar-refractivity contribution in [2.24, 2.45) is 5.73 Å². The molecule has 3 rings (SSSR count). The van der Waals surface area contributed by atoms with Gasteiger partial charge in [-0.1, -0.05) is 6.07 Å². The fourth-order valence-electron chi connectivity index (χ4n) is 3.48. The van der Waals surface area contributed by atoms with Gasteiger partial charge in [-0.25, -0.2) is 0 Å². The Morgan fingerprint density at radius 2 is 1.95 bits per heavy atom. The van der Waals surface area contributed by atoms with E-state index in [1.807, 2.05) is 18.2 Å². The zero-order valence-corrected chi connectivity index (χ0v) is 12.5. The standard InChI is InChI=1S/C17H22N2O2/c1-20-15-7-6-12(17(11-18)9-13(19)10-17)8-16(15)21-14-4-2-3-5-14/h6-8,13-14H,2-5,9-10,19H2,1H3/t13-,17+. The van der Waals surface area contributed by atoms with E-state index < -0.39 is 5.41 Å². The van der Waals surface area contributed by atoms with Crippen LogP contribution in [0.1, 0.15) is 44.1 Å². The minimum Gasteiger partial charge on any atom is -0.493 e. The van der Waals surface area contributed by atoms with E-state index in [1.54, 1.807) is 7.11 Å². The number of hydrogen-bond donors (Lipinski definition) is 1. The second-order valence-electron chi connectivity index (χ2n) is 6.25. The van der Waals surface area contributed by atoms with Crippen LogP contribution in [0, 0.1) is 11.3 Å². The van der Waals surface area contributed by atoms with Crippen molar-refractivity contribution >= 4 is 0 Å². The van der Waals surface area contributed by atoms with Crippen LogP contribution in [0.25, 0.3) is 0 Å². The Balaban J connectivity index is 1.87. The predicted molar refractivity (Wildman–Crippen MR) is 80.4 cm³/mol. The van der Waals surface area contributed by atoms with Gasteiger partial charge in [0, 0.05) is 6.04 Å². The molecule has 21 heavy (non-hydrogen) atoms. The number of benzene rings is 1. The van der Waals surface area contributed by atoms with Crippen LogP contribution >= 0.6 is 0 Å². The lowest BCUT2D eigenvalue weighted by Crippen LogP contribution is -2.48. The van der Waals surface area contributed by atoms with Crippen LogP contribution in [0.5, 0.6) is 11.5 Å². The lowest BCUT2D eigenvalue weighted by atomic mass is 9.63. The monoisotopic (exact) mass is 286 g/mol. The van der Waals surface area contributed by atoms with Crippen molar-refractivity contribution in [2.45, 2.75) is 56.1 Å². The van der Waals surface area contributed by atoms with E-state index in [1.165, 1.54) is 12.8 Å². The van der Waals surface area contributed by atoms with Gasteiger partial charge in [0.25, 0.3) is 0 Å². The Morgan fingerprint density at radius 1 is 1.24 bits per heavy atom. The largest absolute Gasteiger partial charge is 0.493 e. The third kappa shape index (κ3) is 2.58. The van der Waals surface area contributed by atoms with E-state index in [0.717, 1.165) is 42.7 Å². The predicted octanol–water partition coefficient (Wildman–Crippen LogP) is 2.90. The average Bonchev–Trinajstić information content (AvgIpc) is 2.96. The van der Waals surface area contributed by atoms with Crippen molar-refractivity contribution in [3.8, 4) is 17.6 Å². The number of ether oxygens (including phenoxy) is 2. The fourth-order valence-corrected chi connectivity index (χ4v) is 3.48. The zero-order chi connectivity index (χ0) is 14.9. The topological polar surface area (TPSA) is 68.3 Å². The molecule has 0 amide bonds. The molecule has 0 saturated heterocycles. The first kappa shape index (κ1) is 14.2. The number of hydrogen-bond acceptors (Lipinski definition) is 4. The molecule has 1 aromatic carbocycles. The van der Waals surface area contributed by atoms with Gasteiger partial charge in [0.05, 0.1) is 24.7 Å². The van der Waals surface area contributed by atoms with Crippen LogP contribution in [-0.4, -0.2) is 19.3 Å². The van der Waals surface area contributed by atoms with Gasteiger partial charge < -0.3 is 15.2 Å². The highest BCUT2D eigenvalue weighted by molar-refractivity contribution is 5.48. The molecule has 0 radical (unpaired) electrons. The second-order valence-corrected chi connectivity index (χ2v) is 6.25. The highest BCUT2D eigenvalue weighted by atomic mass is 16.5. The summed E-state index contributed by atoms with van der Waals surface area (Å²) in [5.74, 6) is 1.50. The van der Waals surface area contributed by atoms with Crippen LogP contribution in [0.15, 0.2) is 18.2 Å². The highest BCUT2D eigenvalue weighted by Gasteiger charge is 2.44. The molecule has 4 heteroatoms. The molecule has 0 unspecified atom stereocenters. The molecular formula is C17H22N2O2. The number of nitriles is 1. The highest BCUT2D eigenvalue weighted by Crippen LogP contribution is 2.45. The van der Waals surface area contributed by atoms with Crippen molar-refractivity contribution in [3.63, 3.8) is 0 Å². The molecule has 0 spiro atoms. The molecule has 2 saturated carbocycles. The van der Waals surface area contributed by atoms with E-state index in [4.69, 9.17) is 15.2 Å². The molecule has 0 bridgehead atoms. The Morgan fingerprint density at radius 3 is 2.52 bits per heavy atom. The first-order valence-electron chi connectivity index (χ1n) is 7.69. The number of nitrogens with zero attached hydrogens (tertiary/aromatic N) is 1. The maximum atomic E-state index is 9.53. The fraction of sp³-hybridized carbons (Fsp3) is 0.588. The van der Waals surface area contributed by atoms with Crippen LogP contribution in [0.3, 0.4) is 0 Å². The zero-order valence-electron chi connectivity index (χ0n) is 12.5. The first-order valence-corrected chi connectivity index (χ1v) is 7.69. The van der Waals surface area contributed by atoms with Crippen molar-refractivity contribution in [2.75, 3.05) is 7.11 Å². The Kier molecular flexibility index (Phi) is 3.77. The van der Waals surface area contributed by atoms with Gasteiger partial charge in [-0.2, -0.15) is 5.26 Å². The Bertz CT molecular complexity index is 552. The molecule has 2 N–H and O–H groups in total. The van der Waals surface area contributed by atoms with Gasteiger partial charge in [0.1, 0.15) is 0 Å². The van der Waals surface area contributed by atoms with Crippen molar-refractivity contribution in [1.29, 1.82) is 5.26 Å². The van der Waals surface area contributed by atoms with Crippen LogP contribution in [-0.2, 0) is 5.41 Å². The summed E-state index contributed by atoms with van der Waals surface area (Å²) in [6.45, 7) is 0. The number of rotatable bonds is 4. The molecule has 0 atom stereocenters. The van der Waals surface area contributed by atoms with E-state index in [2.05, 4.69) is 6.07 Å². The maximum absolute atomic E-state index is 9.53. The summed E-state index contributed by atoms with van der Waals surface area (Å²) >= 11 is 0. The van der Waals surface area contributed by atoms with E-state index >= 15 is 0 Å². The summed E-state index contributed by atoms with van der Waals surface area (Å²) in [4.78, 5) is 0. The molecular weight excluding hydrogens is 264 g/mol. The minimum atomic E-state index is -0.445. The molecule has 0 aliphatic heterocycles. The van der Waals surface area contributed by atoms with Crippen molar-refractivity contribution < 1.29 is 9.47 Å². The molecule has 1 aromatic rings. The molecule has 2 fully saturated rings. The summed E-state index contributed by atoms with van der Waals surface area (Å²) < 4.78 is 11.5. The quantitative estimate of drug-likeness (QED) is 0.924. The Labute approximate surface area is 125 Å². The summed E-state index contributed by atoms with van der Waals surface area (Å²) in [5, 5.41) is 9.53. The summed E-state index contributed by atoms with van der Waals surface area (Å²) in [6.07, 6.45) is 6.37. The second kappa shape index (κ2) is 5.57. The smallest absolute Gasteiger partial charge is 0.161 e. The SMILES string of the molecule is COc1ccc([C@]2(C#N)C[C@H](N)C2)cc1OC1CCCC1. The number of nitrogens with two attached hydrogens (primary N) is 1. The van der Waals surface area contributed by atoms with Crippen LogP contribution < -0.4 is 15.2 Å². The third-order valence-electron chi connectivity index (χ3n) is 4.75. The van der Waals surface area contributed by atoms with Crippen LogP contribution in [0.4, 0.5) is 0 Å². The minimum absolute atomic E-state index is 0.131. The third-order valence-corrected chi connectivity index (χ3v) is 4.75. The Hall–Kier alpha value is -1.73. The normalized spacial score (nSPS) is 28.7. The molecule has 0 heterocycles. The van der Waals surface area contributed by atoms with Gasteiger partial charge in [0.2, 0.25) is 0 Å². The van der Waals surface area contributed by atoms with Crippen LogP contribution in [0.2, 0.25) is 0 Å². The number of methoxy groups -OCH3 is 1. The van der Waals surface area contributed by atoms with Gasteiger partial charge in [-0.3, -0.25) is 0 Å². The van der Waals surface area contributed by atoms with Crippen molar-refractivity contribution in [1.82, 2.24) is 0 Å².